The fourth-order valence-electron chi connectivity index (χ4n) is 6.79. The third-order valence-corrected chi connectivity index (χ3v) is 9.31. The van der Waals surface area contributed by atoms with Crippen molar-refractivity contribution in [1.29, 1.82) is 0 Å². The molecule has 3 heteroatoms. The van der Waals surface area contributed by atoms with Crippen molar-refractivity contribution in [3.05, 3.63) is 188 Å². The average molecular weight is 638 g/mol. The van der Waals surface area contributed by atoms with Gasteiger partial charge in [-0.2, -0.15) is 0 Å². The van der Waals surface area contributed by atoms with Crippen LogP contribution in [0.4, 0.5) is 0 Å². The molecule has 0 atom stereocenters. The van der Waals surface area contributed by atoms with Gasteiger partial charge in [-0.25, -0.2) is 15.0 Å². The molecule has 0 aliphatic heterocycles. The number of fused-ring (bicyclic) bond motifs is 3. The summed E-state index contributed by atoms with van der Waals surface area (Å²) in [5.41, 5.74) is 9.70. The maximum atomic E-state index is 5.09. The van der Waals surface area contributed by atoms with Gasteiger partial charge in [0.15, 0.2) is 17.5 Å². The van der Waals surface area contributed by atoms with E-state index in [9.17, 15) is 0 Å². The Labute approximate surface area is 291 Å². The van der Waals surface area contributed by atoms with E-state index in [4.69, 9.17) is 15.0 Å². The van der Waals surface area contributed by atoms with Gasteiger partial charge >= 0.3 is 0 Å². The first kappa shape index (κ1) is 29.4. The number of nitrogens with zero attached hydrogens (tertiary/aromatic N) is 3. The molecule has 0 spiro atoms. The fraction of sp³-hybridized carbons (Fsp3) is 0. The van der Waals surface area contributed by atoms with Crippen molar-refractivity contribution in [3.63, 3.8) is 0 Å². The standard InChI is InChI=1S/C47H31N3/c1-3-13-32(14-4-1)36-18-11-20-39(29-36)46-48-45(49-47(50-46)40-21-12-19-37(30-40)33-15-5-2-6-16-33)35-27-25-34(26-28-35)44-31-38-17-7-8-22-41(38)42-23-9-10-24-43(42)44/h1-31H. The van der Waals surface area contributed by atoms with E-state index < -0.39 is 0 Å². The lowest BCUT2D eigenvalue weighted by atomic mass is 9.93. The smallest absolute Gasteiger partial charge is 0.164 e. The zero-order valence-electron chi connectivity index (χ0n) is 27.2. The molecule has 0 unspecified atom stereocenters. The summed E-state index contributed by atoms with van der Waals surface area (Å²) in [6.07, 6.45) is 0. The number of aromatic nitrogens is 3. The van der Waals surface area contributed by atoms with Crippen LogP contribution in [0.25, 0.3) is 89.1 Å². The highest BCUT2D eigenvalue weighted by Crippen LogP contribution is 2.36. The third kappa shape index (κ3) is 5.61. The first-order valence-corrected chi connectivity index (χ1v) is 16.9. The second-order valence-electron chi connectivity index (χ2n) is 12.5. The summed E-state index contributed by atoms with van der Waals surface area (Å²) < 4.78 is 0. The van der Waals surface area contributed by atoms with E-state index >= 15 is 0 Å². The minimum atomic E-state index is 0.634. The van der Waals surface area contributed by atoms with Crippen LogP contribution in [-0.2, 0) is 0 Å². The monoisotopic (exact) mass is 637 g/mol. The lowest BCUT2D eigenvalue weighted by molar-refractivity contribution is 1.07. The number of hydrogen-bond acceptors (Lipinski definition) is 3. The first-order chi connectivity index (χ1) is 24.8. The summed E-state index contributed by atoms with van der Waals surface area (Å²) in [7, 11) is 0. The second kappa shape index (κ2) is 12.7. The Morgan fingerprint density at radius 1 is 0.240 bits per heavy atom. The molecule has 0 fully saturated rings. The van der Waals surface area contributed by atoms with Crippen LogP contribution in [-0.4, -0.2) is 15.0 Å². The molecule has 9 aromatic rings. The molecule has 234 valence electrons. The quantitative estimate of drug-likeness (QED) is 0.170. The molecular weight excluding hydrogens is 607 g/mol. The third-order valence-electron chi connectivity index (χ3n) is 9.31. The topological polar surface area (TPSA) is 38.7 Å². The van der Waals surface area contributed by atoms with Crippen LogP contribution in [0.5, 0.6) is 0 Å². The normalized spacial score (nSPS) is 11.2. The van der Waals surface area contributed by atoms with Crippen LogP contribution < -0.4 is 0 Å². The van der Waals surface area contributed by atoms with E-state index in [0.717, 1.165) is 44.5 Å². The summed E-state index contributed by atoms with van der Waals surface area (Å²) in [4.78, 5) is 15.2. The number of hydrogen-bond donors (Lipinski definition) is 0. The largest absolute Gasteiger partial charge is 0.208 e. The van der Waals surface area contributed by atoms with Crippen molar-refractivity contribution in [2.75, 3.05) is 0 Å². The predicted octanol–water partition coefficient (Wildman–Crippen LogP) is 12.2. The van der Waals surface area contributed by atoms with Crippen molar-refractivity contribution in [3.8, 4) is 67.5 Å². The molecule has 50 heavy (non-hydrogen) atoms. The Balaban J connectivity index is 1.17. The molecule has 0 amide bonds. The van der Waals surface area contributed by atoms with Gasteiger partial charge in [-0.1, -0.05) is 170 Å². The lowest BCUT2D eigenvalue weighted by Gasteiger charge is -2.12. The van der Waals surface area contributed by atoms with Crippen LogP contribution in [0.3, 0.4) is 0 Å². The molecule has 0 saturated heterocycles. The molecule has 1 aromatic heterocycles. The molecule has 0 N–H and O–H groups in total. The summed E-state index contributed by atoms with van der Waals surface area (Å²) in [6, 6.07) is 65.8. The molecule has 0 aliphatic carbocycles. The van der Waals surface area contributed by atoms with E-state index in [1.54, 1.807) is 0 Å². The molecule has 9 rings (SSSR count). The average Bonchev–Trinajstić information content (AvgIpc) is 3.21. The van der Waals surface area contributed by atoms with Crippen molar-refractivity contribution in [2.45, 2.75) is 0 Å². The molecule has 3 nitrogen and oxygen atoms in total. The van der Waals surface area contributed by atoms with Gasteiger partial charge in [-0.05, 0) is 73.1 Å². The fourth-order valence-corrected chi connectivity index (χ4v) is 6.79. The molecule has 0 radical (unpaired) electrons. The van der Waals surface area contributed by atoms with Gasteiger partial charge in [0.1, 0.15) is 0 Å². The summed E-state index contributed by atoms with van der Waals surface area (Å²) in [6.45, 7) is 0. The molecule has 1 heterocycles. The molecule has 0 bridgehead atoms. The molecular formula is C47H31N3. The van der Waals surface area contributed by atoms with E-state index in [-0.39, 0.29) is 0 Å². The van der Waals surface area contributed by atoms with E-state index in [1.165, 1.54) is 27.1 Å². The van der Waals surface area contributed by atoms with Gasteiger partial charge in [-0.15, -0.1) is 0 Å². The summed E-state index contributed by atoms with van der Waals surface area (Å²) >= 11 is 0. The summed E-state index contributed by atoms with van der Waals surface area (Å²) in [5.74, 6) is 1.91. The van der Waals surface area contributed by atoms with E-state index in [2.05, 4.69) is 176 Å². The number of benzene rings is 8. The van der Waals surface area contributed by atoms with Gasteiger partial charge in [0.2, 0.25) is 0 Å². The Kier molecular flexibility index (Phi) is 7.49. The van der Waals surface area contributed by atoms with Crippen LogP contribution in [0.1, 0.15) is 0 Å². The van der Waals surface area contributed by atoms with Gasteiger partial charge in [0.25, 0.3) is 0 Å². The molecule has 8 aromatic carbocycles. The first-order valence-electron chi connectivity index (χ1n) is 16.9. The number of rotatable bonds is 6. The minimum Gasteiger partial charge on any atom is -0.208 e. The van der Waals surface area contributed by atoms with Gasteiger partial charge in [0, 0.05) is 16.7 Å². The van der Waals surface area contributed by atoms with Crippen LogP contribution in [0.2, 0.25) is 0 Å². The minimum absolute atomic E-state index is 0.634. The van der Waals surface area contributed by atoms with Crippen LogP contribution >= 0.6 is 0 Å². The lowest BCUT2D eigenvalue weighted by Crippen LogP contribution is -2.00. The van der Waals surface area contributed by atoms with Crippen LogP contribution in [0.15, 0.2) is 188 Å². The summed E-state index contributed by atoms with van der Waals surface area (Å²) in [5, 5.41) is 4.99. The van der Waals surface area contributed by atoms with Crippen molar-refractivity contribution < 1.29 is 0 Å². The highest BCUT2D eigenvalue weighted by Gasteiger charge is 2.15. The van der Waals surface area contributed by atoms with Gasteiger partial charge in [0.05, 0.1) is 0 Å². The molecule has 0 saturated carbocycles. The van der Waals surface area contributed by atoms with Gasteiger partial charge in [-0.3, -0.25) is 0 Å². The van der Waals surface area contributed by atoms with Crippen LogP contribution in [0, 0.1) is 0 Å². The van der Waals surface area contributed by atoms with Crippen molar-refractivity contribution in [2.24, 2.45) is 0 Å². The van der Waals surface area contributed by atoms with E-state index in [0.29, 0.717) is 17.5 Å². The Morgan fingerprint density at radius 2 is 0.660 bits per heavy atom. The SMILES string of the molecule is c1ccc(-c2cccc(-c3nc(-c4ccc(-c5cc6ccccc6c6ccccc56)cc4)nc(-c4cccc(-c5ccccc5)c4)n3)c2)cc1. The zero-order chi connectivity index (χ0) is 33.3. The van der Waals surface area contributed by atoms with Gasteiger partial charge < -0.3 is 0 Å². The Morgan fingerprint density at radius 3 is 1.24 bits per heavy atom. The highest BCUT2D eigenvalue weighted by molar-refractivity contribution is 6.13. The Hall–Kier alpha value is -6.71. The predicted molar refractivity (Wildman–Crippen MR) is 207 cm³/mol. The Bertz CT molecular complexity index is 2530. The second-order valence-corrected chi connectivity index (χ2v) is 12.5. The maximum Gasteiger partial charge on any atom is 0.164 e. The maximum absolute atomic E-state index is 5.09. The van der Waals surface area contributed by atoms with Crippen molar-refractivity contribution in [1.82, 2.24) is 15.0 Å². The van der Waals surface area contributed by atoms with Crippen molar-refractivity contribution >= 4 is 21.5 Å². The zero-order valence-corrected chi connectivity index (χ0v) is 27.2. The van der Waals surface area contributed by atoms with E-state index in [1.807, 2.05) is 12.1 Å². The molecule has 0 aliphatic rings. The highest BCUT2D eigenvalue weighted by atomic mass is 15.0.